The van der Waals surface area contributed by atoms with Gasteiger partial charge in [0.2, 0.25) is 0 Å². The van der Waals surface area contributed by atoms with E-state index in [2.05, 4.69) is 20.3 Å². The first-order chi connectivity index (χ1) is 13.0. The quantitative estimate of drug-likeness (QED) is 0.755. The van der Waals surface area contributed by atoms with Crippen molar-refractivity contribution in [3.05, 3.63) is 48.0 Å². The van der Waals surface area contributed by atoms with E-state index in [1.807, 2.05) is 20.0 Å². The first-order valence-electron chi connectivity index (χ1n) is 8.87. The molecule has 1 N–H and O–H groups in total. The van der Waals surface area contributed by atoms with Crippen LogP contribution in [0.25, 0.3) is 11.0 Å². The van der Waals surface area contributed by atoms with Crippen molar-refractivity contribution < 1.29 is 9.18 Å². The molecule has 3 aromatic rings. The highest BCUT2D eigenvalue weighted by atomic mass is 19.1. The van der Waals surface area contributed by atoms with Crippen LogP contribution >= 0.6 is 0 Å². The van der Waals surface area contributed by atoms with Crippen LogP contribution in [-0.2, 0) is 7.05 Å². The molecule has 1 saturated heterocycles. The Labute approximate surface area is 156 Å². The number of carbonyl (C=O) groups excluding carboxylic acids is 1. The van der Waals surface area contributed by atoms with E-state index in [1.165, 1.54) is 12.1 Å². The van der Waals surface area contributed by atoms with E-state index in [0.717, 1.165) is 22.4 Å². The van der Waals surface area contributed by atoms with Crippen LogP contribution in [0, 0.1) is 12.7 Å². The fraction of sp³-hybridized carbons (Fsp3) is 0.316. The second-order valence-electron chi connectivity index (χ2n) is 6.68. The molecule has 1 fully saturated rings. The number of anilines is 2. The van der Waals surface area contributed by atoms with Crippen molar-refractivity contribution in [2.24, 2.45) is 7.05 Å². The summed E-state index contributed by atoms with van der Waals surface area (Å²) in [6, 6.07) is 8.20. The molecule has 0 saturated carbocycles. The lowest BCUT2D eigenvalue weighted by atomic mass is 10.2. The number of aryl methyl sites for hydroxylation is 2. The van der Waals surface area contributed by atoms with E-state index in [-0.39, 0.29) is 11.8 Å². The monoisotopic (exact) mass is 368 g/mol. The Balaban J connectivity index is 1.39. The molecule has 7 nitrogen and oxygen atoms in total. The van der Waals surface area contributed by atoms with E-state index in [4.69, 9.17) is 0 Å². The first-order valence-corrected chi connectivity index (χ1v) is 8.87. The number of rotatable bonds is 2. The van der Waals surface area contributed by atoms with Gasteiger partial charge in [0.05, 0.1) is 17.6 Å². The fourth-order valence-corrected chi connectivity index (χ4v) is 3.40. The predicted octanol–water partition coefficient (Wildman–Crippen LogP) is 2.77. The van der Waals surface area contributed by atoms with Gasteiger partial charge < -0.3 is 15.1 Å². The zero-order valence-corrected chi connectivity index (χ0v) is 15.3. The van der Waals surface area contributed by atoms with Crippen molar-refractivity contribution in [1.82, 2.24) is 19.7 Å². The number of piperazine rings is 1. The molecule has 0 bridgehead atoms. The number of amides is 2. The zero-order chi connectivity index (χ0) is 19.0. The number of hydrogen-bond donors (Lipinski definition) is 1. The van der Waals surface area contributed by atoms with Crippen molar-refractivity contribution in [3.63, 3.8) is 0 Å². The van der Waals surface area contributed by atoms with Crippen LogP contribution in [0.1, 0.15) is 5.69 Å². The second-order valence-corrected chi connectivity index (χ2v) is 6.68. The van der Waals surface area contributed by atoms with Crippen LogP contribution in [-0.4, -0.2) is 51.9 Å². The van der Waals surface area contributed by atoms with Gasteiger partial charge in [0.25, 0.3) is 0 Å². The number of nitrogens with zero attached hydrogens (tertiary/aromatic N) is 5. The first kappa shape index (κ1) is 17.3. The van der Waals surface area contributed by atoms with Gasteiger partial charge in [-0.1, -0.05) is 0 Å². The van der Waals surface area contributed by atoms with Crippen molar-refractivity contribution in [2.45, 2.75) is 6.92 Å². The topological polar surface area (TPSA) is 66.3 Å². The SMILES string of the molecule is Cc1nn(C)c2ncc(NC(=O)N3CCN(c4ccc(F)cc4)CC3)cc12. The Hall–Kier alpha value is -3.16. The van der Waals surface area contributed by atoms with Crippen LogP contribution in [0.5, 0.6) is 0 Å². The Bertz CT molecular complexity index is 976. The van der Waals surface area contributed by atoms with Crippen LogP contribution < -0.4 is 10.2 Å². The van der Waals surface area contributed by atoms with Gasteiger partial charge in [0, 0.05) is 44.3 Å². The fourth-order valence-electron chi connectivity index (χ4n) is 3.40. The molecule has 2 amide bonds. The van der Waals surface area contributed by atoms with Gasteiger partial charge >= 0.3 is 6.03 Å². The Morgan fingerprint density at radius 3 is 2.56 bits per heavy atom. The molecule has 0 aliphatic carbocycles. The number of nitrogens with one attached hydrogen (secondary N) is 1. The summed E-state index contributed by atoms with van der Waals surface area (Å²) >= 11 is 0. The number of urea groups is 1. The maximum Gasteiger partial charge on any atom is 0.322 e. The summed E-state index contributed by atoms with van der Waals surface area (Å²) in [7, 11) is 1.85. The molecule has 140 valence electrons. The molecule has 0 unspecified atom stereocenters. The lowest BCUT2D eigenvalue weighted by molar-refractivity contribution is 0.208. The van der Waals surface area contributed by atoms with Gasteiger partial charge in [-0.05, 0) is 37.3 Å². The largest absolute Gasteiger partial charge is 0.368 e. The van der Waals surface area contributed by atoms with E-state index in [0.29, 0.717) is 31.9 Å². The molecule has 3 heterocycles. The number of fused-ring (bicyclic) bond motifs is 1. The summed E-state index contributed by atoms with van der Waals surface area (Å²) in [4.78, 5) is 20.9. The molecular formula is C19H21FN6O. The smallest absolute Gasteiger partial charge is 0.322 e. The number of halogens is 1. The van der Waals surface area contributed by atoms with E-state index >= 15 is 0 Å². The number of benzene rings is 1. The van der Waals surface area contributed by atoms with Crippen LogP contribution in [0.3, 0.4) is 0 Å². The second kappa shape index (κ2) is 6.86. The van der Waals surface area contributed by atoms with Crippen molar-refractivity contribution >= 4 is 28.4 Å². The molecule has 4 rings (SSSR count). The molecule has 1 aromatic carbocycles. The van der Waals surface area contributed by atoms with Crippen LogP contribution in [0.15, 0.2) is 36.5 Å². The molecule has 2 aromatic heterocycles. The third-order valence-electron chi connectivity index (χ3n) is 4.87. The summed E-state index contributed by atoms with van der Waals surface area (Å²) in [6.45, 7) is 4.54. The highest BCUT2D eigenvalue weighted by molar-refractivity contribution is 5.92. The van der Waals surface area contributed by atoms with Crippen molar-refractivity contribution in [2.75, 3.05) is 36.4 Å². The minimum absolute atomic E-state index is 0.142. The Kier molecular flexibility index (Phi) is 4.39. The Morgan fingerprint density at radius 1 is 1.15 bits per heavy atom. The highest BCUT2D eigenvalue weighted by Crippen LogP contribution is 2.20. The standard InChI is InChI=1S/C19H21FN6O/c1-13-17-11-15(12-21-18(17)24(2)23-13)22-19(27)26-9-7-25(8-10-26)16-5-3-14(20)4-6-16/h3-6,11-12H,7-10H2,1-2H3,(H,22,27). The number of hydrogen-bond acceptors (Lipinski definition) is 4. The van der Waals surface area contributed by atoms with Gasteiger partial charge in [-0.25, -0.2) is 14.2 Å². The van der Waals surface area contributed by atoms with E-state index < -0.39 is 0 Å². The maximum absolute atomic E-state index is 13.1. The normalized spacial score (nSPS) is 14.6. The number of carbonyl (C=O) groups is 1. The van der Waals surface area contributed by atoms with Gasteiger partial charge in [0.15, 0.2) is 5.65 Å². The minimum Gasteiger partial charge on any atom is -0.368 e. The average Bonchev–Trinajstić information content (AvgIpc) is 2.96. The average molecular weight is 368 g/mol. The molecule has 1 aliphatic heterocycles. The molecular weight excluding hydrogens is 347 g/mol. The summed E-state index contributed by atoms with van der Waals surface area (Å²) < 4.78 is 14.8. The lowest BCUT2D eigenvalue weighted by Crippen LogP contribution is -2.50. The highest BCUT2D eigenvalue weighted by Gasteiger charge is 2.21. The summed E-state index contributed by atoms with van der Waals surface area (Å²) in [5, 5.41) is 8.19. The molecule has 27 heavy (non-hydrogen) atoms. The third kappa shape index (κ3) is 3.42. The molecule has 0 atom stereocenters. The third-order valence-corrected chi connectivity index (χ3v) is 4.87. The zero-order valence-electron chi connectivity index (χ0n) is 15.3. The van der Waals surface area contributed by atoms with Crippen molar-refractivity contribution in [3.8, 4) is 0 Å². The number of aromatic nitrogens is 3. The van der Waals surface area contributed by atoms with Gasteiger partial charge in [-0.3, -0.25) is 4.68 Å². The Morgan fingerprint density at radius 2 is 1.85 bits per heavy atom. The van der Waals surface area contributed by atoms with E-state index in [1.54, 1.807) is 27.9 Å². The summed E-state index contributed by atoms with van der Waals surface area (Å²) in [5.74, 6) is -0.244. The minimum atomic E-state index is -0.244. The summed E-state index contributed by atoms with van der Waals surface area (Å²) in [5.41, 5.74) is 3.30. The molecule has 0 radical (unpaired) electrons. The van der Waals surface area contributed by atoms with E-state index in [9.17, 15) is 9.18 Å². The van der Waals surface area contributed by atoms with Gasteiger partial charge in [-0.15, -0.1) is 0 Å². The maximum atomic E-state index is 13.1. The molecule has 0 spiro atoms. The van der Waals surface area contributed by atoms with Gasteiger partial charge in [-0.2, -0.15) is 5.10 Å². The predicted molar refractivity (Wildman–Crippen MR) is 102 cm³/mol. The number of pyridine rings is 1. The molecule has 1 aliphatic rings. The van der Waals surface area contributed by atoms with Crippen LogP contribution in [0.4, 0.5) is 20.6 Å². The molecule has 8 heteroatoms. The summed E-state index contributed by atoms with van der Waals surface area (Å²) in [6.07, 6.45) is 1.65. The lowest BCUT2D eigenvalue weighted by Gasteiger charge is -2.36. The van der Waals surface area contributed by atoms with Crippen LogP contribution in [0.2, 0.25) is 0 Å². The van der Waals surface area contributed by atoms with Crippen molar-refractivity contribution in [1.29, 1.82) is 0 Å². The van der Waals surface area contributed by atoms with Gasteiger partial charge in [0.1, 0.15) is 5.82 Å².